The van der Waals surface area contributed by atoms with Gasteiger partial charge >= 0.3 is 6.03 Å². The van der Waals surface area contributed by atoms with Crippen molar-refractivity contribution in [2.75, 3.05) is 5.75 Å². The van der Waals surface area contributed by atoms with E-state index in [-0.39, 0.29) is 10.8 Å². The number of carbonyl (C=O) groups excluding carboxylic acids is 1. The summed E-state index contributed by atoms with van der Waals surface area (Å²) in [5.41, 5.74) is 7.17. The zero-order chi connectivity index (χ0) is 19.2. The molecule has 1 heterocycles. The molecular formula is C19H30N2O3S. The van der Waals surface area contributed by atoms with E-state index in [2.05, 4.69) is 46.3 Å². The fourth-order valence-corrected chi connectivity index (χ4v) is 4.03. The molecule has 1 aliphatic rings. The van der Waals surface area contributed by atoms with Crippen LogP contribution in [0.15, 0.2) is 6.07 Å². The Morgan fingerprint density at radius 3 is 2.40 bits per heavy atom. The highest BCUT2D eigenvalue weighted by Gasteiger charge is 2.41. The third-order valence-corrected chi connectivity index (χ3v) is 5.48. The number of phenolic OH excluding ortho intramolecular Hbond substituents is 1. The standard InChI is InChI=1S/C19H30N2O3S/c1-17(2,3)12-8-13-11(14(15(12)22)18(4,5)6)9-19(7,24-13)10-25-21-16(20)23/h8,22H,9-10H2,1-7H3,(H3,20,21,23). The van der Waals surface area contributed by atoms with E-state index in [0.717, 1.165) is 22.4 Å². The normalized spacial score (nSPS) is 20.1. The van der Waals surface area contributed by atoms with E-state index >= 15 is 0 Å². The average Bonchev–Trinajstić information content (AvgIpc) is 2.70. The number of rotatable bonds is 3. The predicted octanol–water partition coefficient (Wildman–Crippen LogP) is 4.00. The smallest absolute Gasteiger partial charge is 0.322 e. The highest BCUT2D eigenvalue weighted by molar-refractivity contribution is 7.98. The van der Waals surface area contributed by atoms with Crippen LogP contribution in [-0.4, -0.2) is 22.5 Å². The van der Waals surface area contributed by atoms with Crippen LogP contribution in [-0.2, 0) is 17.3 Å². The number of aromatic hydroxyl groups is 1. The molecule has 0 fully saturated rings. The van der Waals surface area contributed by atoms with Gasteiger partial charge in [0.05, 0.1) is 5.75 Å². The van der Waals surface area contributed by atoms with Crippen molar-refractivity contribution in [3.63, 3.8) is 0 Å². The lowest BCUT2D eigenvalue weighted by Gasteiger charge is -2.29. The summed E-state index contributed by atoms with van der Waals surface area (Å²) < 4.78 is 8.82. The van der Waals surface area contributed by atoms with Crippen LogP contribution in [0.4, 0.5) is 4.79 Å². The second-order valence-electron chi connectivity index (χ2n) is 9.11. The largest absolute Gasteiger partial charge is 0.507 e. The molecule has 1 unspecified atom stereocenters. The van der Waals surface area contributed by atoms with Crippen LogP contribution in [0.5, 0.6) is 11.5 Å². The molecule has 1 aromatic rings. The minimum absolute atomic E-state index is 0.191. The van der Waals surface area contributed by atoms with Crippen LogP contribution in [0.3, 0.4) is 0 Å². The molecule has 0 aromatic heterocycles. The van der Waals surface area contributed by atoms with Gasteiger partial charge in [0.25, 0.3) is 0 Å². The number of carbonyl (C=O) groups is 1. The molecule has 0 radical (unpaired) electrons. The SMILES string of the molecule is CC1(CSNC(N)=O)Cc2c(cc(C(C)(C)C)c(O)c2C(C)(C)C)O1. The number of ether oxygens (including phenoxy) is 1. The number of hydrogen-bond donors (Lipinski definition) is 3. The Kier molecular flexibility index (Phi) is 4.99. The van der Waals surface area contributed by atoms with Gasteiger partial charge in [-0.3, -0.25) is 4.72 Å². The number of fused-ring (bicyclic) bond motifs is 1. The van der Waals surface area contributed by atoms with E-state index in [0.29, 0.717) is 17.9 Å². The van der Waals surface area contributed by atoms with Gasteiger partial charge < -0.3 is 15.6 Å². The maximum atomic E-state index is 11.0. The van der Waals surface area contributed by atoms with Gasteiger partial charge in [-0.05, 0) is 35.8 Å². The van der Waals surface area contributed by atoms with Gasteiger partial charge in [-0.15, -0.1) is 0 Å². The second kappa shape index (κ2) is 6.31. The quantitative estimate of drug-likeness (QED) is 0.706. The van der Waals surface area contributed by atoms with Crippen molar-refractivity contribution in [1.29, 1.82) is 0 Å². The first-order valence-corrected chi connectivity index (χ1v) is 9.49. The van der Waals surface area contributed by atoms with Crippen molar-refractivity contribution in [1.82, 2.24) is 4.72 Å². The molecule has 25 heavy (non-hydrogen) atoms. The Labute approximate surface area is 154 Å². The number of urea groups is 1. The van der Waals surface area contributed by atoms with Gasteiger partial charge in [0, 0.05) is 23.1 Å². The highest BCUT2D eigenvalue weighted by Crippen LogP contribution is 2.49. The first-order valence-electron chi connectivity index (χ1n) is 8.51. The lowest BCUT2D eigenvalue weighted by Crippen LogP contribution is -2.36. The van der Waals surface area contributed by atoms with Crippen molar-refractivity contribution >= 4 is 18.0 Å². The molecule has 0 saturated carbocycles. The van der Waals surface area contributed by atoms with Crippen LogP contribution in [0.1, 0.15) is 65.2 Å². The van der Waals surface area contributed by atoms with Crippen LogP contribution < -0.4 is 15.2 Å². The molecular weight excluding hydrogens is 336 g/mol. The predicted molar refractivity (Wildman–Crippen MR) is 103 cm³/mol. The van der Waals surface area contributed by atoms with Gasteiger partial charge in [0.15, 0.2) is 0 Å². The summed E-state index contributed by atoms with van der Waals surface area (Å²) in [6.07, 6.45) is 0.681. The van der Waals surface area contributed by atoms with E-state index in [4.69, 9.17) is 10.5 Å². The number of nitrogens with one attached hydrogen (secondary N) is 1. The van der Waals surface area contributed by atoms with Crippen molar-refractivity contribution in [2.24, 2.45) is 5.73 Å². The molecule has 0 aliphatic carbocycles. The maximum Gasteiger partial charge on any atom is 0.322 e. The van der Waals surface area contributed by atoms with Gasteiger partial charge in [-0.25, -0.2) is 4.79 Å². The molecule has 1 aromatic carbocycles. The molecule has 2 amide bonds. The Bertz CT molecular complexity index is 689. The van der Waals surface area contributed by atoms with Gasteiger partial charge in [-0.2, -0.15) is 0 Å². The van der Waals surface area contributed by atoms with E-state index in [1.54, 1.807) is 0 Å². The highest BCUT2D eigenvalue weighted by atomic mass is 32.2. The lowest BCUT2D eigenvalue weighted by molar-refractivity contribution is 0.143. The molecule has 1 atom stereocenters. The first kappa shape index (κ1) is 19.8. The number of hydrogen-bond acceptors (Lipinski definition) is 4. The number of benzene rings is 1. The maximum absolute atomic E-state index is 11.0. The molecule has 1 aliphatic heterocycles. The van der Waals surface area contributed by atoms with Gasteiger partial charge in [0.2, 0.25) is 0 Å². The molecule has 2 rings (SSSR count). The Morgan fingerprint density at radius 1 is 1.32 bits per heavy atom. The lowest BCUT2D eigenvalue weighted by atomic mass is 9.76. The van der Waals surface area contributed by atoms with Gasteiger partial charge in [0.1, 0.15) is 17.1 Å². The third kappa shape index (κ3) is 4.17. The minimum Gasteiger partial charge on any atom is -0.507 e. The second-order valence-corrected chi connectivity index (χ2v) is 9.89. The fourth-order valence-electron chi connectivity index (χ4n) is 3.35. The average molecular weight is 367 g/mol. The minimum atomic E-state index is -0.563. The van der Waals surface area contributed by atoms with Crippen LogP contribution in [0.25, 0.3) is 0 Å². The van der Waals surface area contributed by atoms with E-state index < -0.39 is 11.6 Å². The molecule has 0 saturated heterocycles. The van der Waals surface area contributed by atoms with Crippen molar-refractivity contribution in [2.45, 2.75) is 71.3 Å². The van der Waals surface area contributed by atoms with E-state index in [9.17, 15) is 9.90 Å². The fraction of sp³-hybridized carbons (Fsp3) is 0.632. The molecule has 140 valence electrons. The zero-order valence-electron chi connectivity index (χ0n) is 16.2. The Morgan fingerprint density at radius 2 is 1.92 bits per heavy atom. The van der Waals surface area contributed by atoms with Crippen molar-refractivity contribution in [3.05, 3.63) is 22.8 Å². The Hall–Kier alpha value is -1.56. The summed E-state index contributed by atoms with van der Waals surface area (Å²) in [6, 6.07) is 1.41. The first-order chi connectivity index (χ1) is 11.2. The van der Waals surface area contributed by atoms with E-state index in [1.807, 2.05) is 13.0 Å². The van der Waals surface area contributed by atoms with E-state index in [1.165, 1.54) is 11.9 Å². The number of phenols is 1. The monoisotopic (exact) mass is 366 g/mol. The summed E-state index contributed by atoms with van der Waals surface area (Å²) in [7, 11) is 0. The van der Waals surface area contributed by atoms with Gasteiger partial charge in [-0.1, -0.05) is 41.5 Å². The summed E-state index contributed by atoms with van der Waals surface area (Å²) in [6.45, 7) is 14.6. The summed E-state index contributed by atoms with van der Waals surface area (Å²) >= 11 is 1.24. The Balaban J connectivity index is 2.47. The zero-order valence-corrected chi connectivity index (χ0v) is 17.1. The molecule has 0 spiro atoms. The van der Waals surface area contributed by atoms with Crippen LogP contribution in [0.2, 0.25) is 0 Å². The number of nitrogens with two attached hydrogens (primary N) is 1. The molecule has 5 nitrogen and oxygen atoms in total. The van der Waals surface area contributed by atoms with Crippen LogP contribution in [0, 0.1) is 0 Å². The summed E-state index contributed by atoms with van der Waals surface area (Å²) in [5.74, 6) is 1.77. The topological polar surface area (TPSA) is 84.6 Å². The number of amides is 2. The summed E-state index contributed by atoms with van der Waals surface area (Å²) in [4.78, 5) is 10.9. The van der Waals surface area contributed by atoms with Crippen LogP contribution >= 0.6 is 11.9 Å². The molecule has 6 heteroatoms. The number of primary amides is 1. The molecule has 0 bridgehead atoms. The molecule has 4 N–H and O–H groups in total. The van der Waals surface area contributed by atoms with Crippen molar-refractivity contribution < 1.29 is 14.6 Å². The third-order valence-electron chi connectivity index (χ3n) is 4.38. The van der Waals surface area contributed by atoms with Crippen molar-refractivity contribution in [3.8, 4) is 11.5 Å². The summed E-state index contributed by atoms with van der Waals surface area (Å²) in [5, 5.41) is 11.0.